The zero-order valence-electron chi connectivity index (χ0n) is 10.8. The monoisotopic (exact) mass is 248 g/mol. The maximum absolute atomic E-state index is 4.48. The van der Waals surface area contributed by atoms with Crippen molar-refractivity contribution < 1.29 is 0 Å². The molecule has 1 aromatic carbocycles. The minimum atomic E-state index is 0.538. The number of aryl methyl sites for hydroxylation is 1. The molecule has 17 heavy (non-hydrogen) atoms. The van der Waals surface area contributed by atoms with E-state index in [0.29, 0.717) is 5.92 Å². The Kier molecular flexibility index (Phi) is 4.11. The maximum atomic E-state index is 4.48. The quantitative estimate of drug-likeness (QED) is 0.877. The van der Waals surface area contributed by atoms with E-state index in [1.165, 1.54) is 16.8 Å². The highest BCUT2D eigenvalue weighted by Crippen LogP contribution is 2.29. The first-order valence-corrected chi connectivity index (χ1v) is 7.27. The fraction of sp³-hybridized carbons (Fsp3) is 0.500. The van der Waals surface area contributed by atoms with Crippen LogP contribution in [0.1, 0.15) is 37.8 Å². The number of hydrogen-bond acceptors (Lipinski definition) is 3. The Balaban J connectivity index is 2.34. The Labute approximate surface area is 108 Å². The molecule has 0 atom stereocenters. The van der Waals surface area contributed by atoms with Crippen LogP contribution in [0.2, 0.25) is 0 Å². The van der Waals surface area contributed by atoms with E-state index in [4.69, 9.17) is 0 Å². The number of nitrogens with one attached hydrogen (secondary N) is 1. The van der Waals surface area contributed by atoms with Crippen LogP contribution < -0.4 is 5.32 Å². The lowest BCUT2D eigenvalue weighted by Crippen LogP contribution is -2.10. The number of thioether (sulfide) groups is 1. The largest absolute Gasteiger partial charge is 0.335 e. The van der Waals surface area contributed by atoms with Gasteiger partial charge in [-0.1, -0.05) is 50.7 Å². The van der Waals surface area contributed by atoms with Gasteiger partial charge in [-0.05, 0) is 23.5 Å². The van der Waals surface area contributed by atoms with Crippen molar-refractivity contribution >= 4 is 22.6 Å². The molecule has 1 aromatic rings. The van der Waals surface area contributed by atoms with Gasteiger partial charge in [-0.25, -0.2) is 0 Å². The molecule has 1 aliphatic rings. The van der Waals surface area contributed by atoms with Crippen LogP contribution in [0.5, 0.6) is 0 Å². The van der Waals surface area contributed by atoms with Crippen LogP contribution in [-0.4, -0.2) is 17.5 Å². The van der Waals surface area contributed by atoms with Crippen molar-refractivity contribution in [3.8, 4) is 0 Å². The summed E-state index contributed by atoms with van der Waals surface area (Å²) in [5, 5.41) is 4.60. The van der Waals surface area contributed by atoms with Crippen LogP contribution in [0.3, 0.4) is 0 Å². The topological polar surface area (TPSA) is 24.4 Å². The minimum Gasteiger partial charge on any atom is -0.335 e. The van der Waals surface area contributed by atoms with Crippen LogP contribution in [0.4, 0.5) is 5.69 Å². The number of amidine groups is 1. The molecular weight excluding hydrogens is 228 g/mol. The van der Waals surface area contributed by atoms with E-state index in [1.807, 2.05) is 11.8 Å². The van der Waals surface area contributed by atoms with Crippen LogP contribution in [0, 0.1) is 0 Å². The number of anilines is 1. The van der Waals surface area contributed by atoms with Gasteiger partial charge >= 0.3 is 0 Å². The molecule has 0 aromatic heterocycles. The molecular formula is C14H20N2S. The van der Waals surface area contributed by atoms with E-state index in [2.05, 4.69) is 49.3 Å². The summed E-state index contributed by atoms with van der Waals surface area (Å²) in [7, 11) is 0. The highest BCUT2D eigenvalue weighted by Gasteiger charge is 2.14. The van der Waals surface area contributed by atoms with Gasteiger partial charge in [-0.2, -0.15) is 0 Å². The van der Waals surface area contributed by atoms with Gasteiger partial charge in [0.1, 0.15) is 0 Å². The van der Waals surface area contributed by atoms with E-state index < -0.39 is 0 Å². The molecule has 0 aliphatic carbocycles. The van der Waals surface area contributed by atoms with E-state index in [1.54, 1.807) is 0 Å². The first kappa shape index (κ1) is 12.5. The first-order valence-electron chi connectivity index (χ1n) is 6.28. The Hall–Kier alpha value is -0.960. The predicted molar refractivity (Wildman–Crippen MR) is 78.3 cm³/mol. The molecule has 92 valence electrons. The summed E-state index contributed by atoms with van der Waals surface area (Å²) in [5.41, 5.74) is 4.05. The number of rotatable bonds is 3. The summed E-state index contributed by atoms with van der Waals surface area (Å²) in [6.45, 7) is 7.62. The molecule has 2 rings (SSSR count). The molecule has 1 heterocycles. The van der Waals surface area contributed by atoms with Crippen molar-refractivity contribution in [2.24, 2.45) is 4.99 Å². The molecule has 0 unspecified atom stereocenters. The Morgan fingerprint density at radius 3 is 2.82 bits per heavy atom. The van der Waals surface area contributed by atoms with Gasteiger partial charge in [0.2, 0.25) is 0 Å². The lowest BCUT2D eigenvalue weighted by molar-refractivity contribution is 0.866. The molecule has 3 heteroatoms. The summed E-state index contributed by atoms with van der Waals surface area (Å²) in [5.74, 6) is 1.64. The Bertz CT molecular complexity index is 424. The molecule has 0 radical (unpaired) electrons. The fourth-order valence-corrected chi connectivity index (χ4v) is 2.80. The molecule has 0 saturated heterocycles. The number of hydrogen-bond donors (Lipinski definition) is 1. The molecule has 2 nitrogen and oxygen atoms in total. The highest BCUT2D eigenvalue weighted by atomic mass is 32.2. The molecule has 0 bridgehead atoms. The van der Waals surface area contributed by atoms with Crippen LogP contribution in [-0.2, 0) is 6.42 Å². The normalized spacial score (nSPS) is 15.2. The first-order chi connectivity index (χ1) is 8.22. The summed E-state index contributed by atoms with van der Waals surface area (Å²) in [6.07, 6.45) is 1.06. The number of benzene rings is 1. The Morgan fingerprint density at radius 2 is 2.24 bits per heavy atom. The van der Waals surface area contributed by atoms with E-state index in [-0.39, 0.29) is 0 Å². The van der Waals surface area contributed by atoms with Gasteiger partial charge in [0.15, 0.2) is 5.17 Å². The lowest BCUT2D eigenvalue weighted by atomic mass is 9.97. The summed E-state index contributed by atoms with van der Waals surface area (Å²) in [4.78, 5) is 4.48. The maximum Gasteiger partial charge on any atom is 0.161 e. The predicted octanol–water partition coefficient (Wildman–Crippen LogP) is 3.89. The van der Waals surface area contributed by atoms with Crippen LogP contribution in [0.25, 0.3) is 0 Å². The van der Waals surface area contributed by atoms with Gasteiger partial charge < -0.3 is 5.32 Å². The average Bonchev–Trinajstić information content (AvgIpc) is 2.82. The summed E-state index contributed by atoms with van der Waals surface area (Å²) < 4.78 is 0. The zero-order chi connectivity index (χ0) is 12.3. The number of aliphatic imine (C=N–C) groups is 1. The van der Waals surface area contributed by atoms with Gasteiger partial charge in [-0.15, -0.1) is 0 Å². The van der Waals surface area contributed by atoms with Gasteiger partial charge in [0.05, 0.1) is 6.54 Å². The van der Waals surface area contributed by atoms with Gasteiger partial charge in [-0.3, -0.25) is 4.99 Å². The number of para-hydroxylation sites is 1. The fourth-order valence-electron chi connectivity index (χ4n) is 2.07. The van der Waals surface area contributed by atoms with Crippen LogP contribution in [0.15, 0.2) is 23.2 Å². The third-order valence-electron chi connectivity index (χ3n) is 3.00. The Morgan fingerprint density at radius 1 is 1.41 bits per heavy atom. The van der Waals surface area contributed by atoms with E-state index >= 15 is 0 Å². The smallest absolute Gasteiger partial charge is 0.161 e. The second-order valence-electron chi connectivity index (χ2n) is 4.55. The van der Waals surface area contributed by atoms with Crippen molar-refractivity contribution in [1.82, 2.24) is 0 Å². The van der Waals surface area contributed by atoms with Crippen molar-refractivity contribution in [2.45, 2.75) is 33.1 Å². The van der Waals surface area contributed by atoms with Crippen LogP contribution >= 0.6 is 11.8 Å². The average molecular weight is 248 g/mol. The van der Waals surface area contributed by atoms with E-state index in [9.17, 15) is 0 Å². The van der Waals surface area contributed by atoms with Crippen molar-refractivity contribution in [2.75, 3.05) is 17.6 Å². The second kappa shape index (κ2) is 5.58. The molecule has 1 N–H and O–H groups in total. The minimum absolute atomic E-state index is 0.538. The molecule has 0 amide bonds. The lowest BCUT2D eigenvalue weighted by Gasteiger charge is -2.17. The van der Waals surface area contributed by atoms with E-state index in [0.717, 1.165) is 23.9 Å². The number of nitrogens with zero attached hydrogens (tertiary/aromatic N) is 1. The van der Waals surface area contributed by atoms with Crippen molar-refractivity contribution in [1.29, 1.82) is 0 Å². The third-order valence-corrected chi connectivity index (χ3v) is 3.89. The van der Waals surface area contributed by atoms with Crippen molar-refractivity contribution in [3.63, 3.8) is 0 Å². The zero-order valence-corrected chi connectivity index (χ0v) is 11.6. The molecule has 0 fully saturated rings. The van der Waals surface area contributed by atoms with Gasteiger partial charge in [0, 0.05) is 11.4 Å². The molecule has 1 aliphatic heterocycles. The van der Waals surface area contributed by atoms with Crippen molar-refractivity contribution in [3.05, 3.63) is 29.3 Å². The summed E-state index contributed by atoms with van der Waals surface area (Å²) >= 11 is 1.82. The summed E-state index contributed by atoms with van der Waals surface area (Å²) in [6, 6.07) is 6.57. The SMILES string of the molecule is CCc1cccc(C(C)C)c1NC1=NCCS1. The molecule has 0 saturated carbocycles. The van der Waals surface area contributed by atoms with Gasteiger partial charge in [0.25, 0.3) is 0 Å². The second-order valence-corrected chi connectivity index (χ2v) is 5.63. The molecule has 0 spiro atoms. The standard InChI is InChI=1S/C14H20N2S/c1-4-11-6-5-7-12(10(2)3)13(11)16-14-15-8-9-17-14/h5-7,10H,4,8-9H2,1-3H3,(H,15,16). The highest BCUT2D eigenvalue weighted by molar-refractivity contribution is 8.14. The third kappa shape index (κ3) is 2.83.